The molecule has 1 atom stereocenters. The number of carboxylic acids is 1. The number of rotatable bonds is 6. The molecule has 0 saturated heterocycles. The third kappa shape index (κ3) is 3.90. The van der Waals surface area contributed by atoms with E-state index in [0.717, 1.165) is 0 Å². The van der Waals surface area contributed by atoms with Gasteiger partial charge in [-0.25, -0.2) is 4.39 Å². The molecule has 112 valence electrons. The van der Waals surface area contributed by atoms with E-state index in [1.807, 2.05) is 26.1 Å². The average molecular weight is 290 g/mol. The van der Waals surface area contributed by atoms with Gasteiger partial charge in [0.25, 0.3) is 0 Å². The van der Waals surface area contributed by atoms with Gasteiger partial charge in [0.1, 0.15) is 5.82 Å². The van der Waals surface area contributed by atoms with Gasteiger partial charge in [-0.15, -0.1) is 0 Å². The third-order valence-electron chi connectivity index (χ3n) is 3.42. The van der Waals surface area contributed by atoms with Crippen LogP contribution in [0.3, 0.4) is 0 Å². The van der Waals surface area contributed by atoms with Crippen LogP contribution < -0.4 is 0 Å². The van der Waals surface area contributed by atoms with Crippen LogP contribution in [0, 0.1) is 11.7 Å². The summed E-state index contributed by atoms with van der Waals surface area (Å²) < 4.78 is 15.4. The molecule has 1 aromatic heterocycles. The lowest BCUT2D eigenvalue weighted by atomic mass is 9.94. The van der Waals surface area contributed by atoms with Gasteiger partial charge >= 0.3 is 5.97 Å². The first-order valence-corrected chi connectivity index (χ1v) is 6.97. The Morgan fingerprint density at radius 3 is 2.57 bits per heavy atom. The Morgan fingerprint density at radius 2 is 2.00 bits per heavy atom. The Balaban J connectivity index is 2.12. The molecule has 2 aromatic rings. The number of aromatic nitrogens is 2. The Kier molecular flexibility index (Phi) is 4.73. The van der Waals surface area contributed by atoms with Gasteiger partial charge in [0.2, 0.25) is 0 Å². The van der Waals surface area contributed by atoms with Crippen LogP contribution in [-0.2, 0) is 17.6 Å². The molecular weight excluding hydrogens is 271 g/mol. The van der Waals surface area contributed by atoms with Crippen LogP contribution in [0.1, 0.15) is 31.1 Å². The largest absolute Gasteiger partial charge is 0.481 e. The SMILES string of the molecule is CC(C)n1ccc(CC(Cc2ccccc2F)C(=O)O)n1. The minimum absolute atomic E-state index is 0.163. The summed E-state index contributed by atoms with van der Waals surface area (Å²) in [5.41, 5.74) is 1.14. The molecular formula is C16H19FN2O2. The van der Waals surface area contributed by atoms with E-state index in [-0.39, 0.29) is 18.3 Å². The fourth-order valence-electron chi connectivity index (χ4n) is 2.20. The topological polar surface area (TPSA) is 55.1 Å². The van der Waals surface area contributed by atoms with Gasteiger partial charge in [0, 0.05) is 18.7 Å². The van der Waals surface area contributed by atoms with Gasteiger partial charge in [0.05, 0.1) is 11.6 Å². The molecule has 0 aliphatic rings. The van der Waals surface area contributed by atoms with Crippen LogP contribution in [-0.4, -0.2) is 20.9 Å². The van der Waals surface area contributed by atoms with Gasteiger partial charge in [0.15, 0.2) is 0 Å². The summed E-state index contributed by atoms with van der Waals surface area (Å²) in [4.78, 5) is 11.4. The Labute approximate surface area is 123 Å². The van der Waals surface area contributed by atoms with Crippen LogP contribution in [0.25, 0.3) is 0 Å². The maximum atomic E-state index is 13.6. The zero-order valence-electron chi connectivity index (χ0n) is 12.2. The molecule has 0 saturated carbocycles. The van der Waals surface area contributed by atoms with Crippen molar-refractivity contribution in [2.75, 3.05) is 0 Å². The second kappa shape index (κ2) is 6.52. The maximum Gasteiger partial charge on any atom is 0.307 e. The van der Waals surface area contributed by atoms with Crippen LogP contribution >= 0.6 is 0 Å². The van der Waals surface area contributed by atoms with Crippen molar-refractivity contribution in [2.24, 2.45) is 5.92 Å². The van der Waals surface area contributed by atoms with Gasteiger partial charge in [-0.05, 0) is 38.0 Å². The van der Waals surface area contributed by atoms with Crippen molar-refractivity contribution < 1.29 is 14.3 Å². The predicted molar refractivity (Wildman–Crippen MR) is 77.5 cm³/mol. The molecule has 2 rings (SSSR count). The molecule has 0 radical (unpaired) electrons. The van der Waals surface area contributed by atoms with Crippen LogP contribution in [0.15, 0.2) is 36.5 Å². The normalized spacial score (nSPS) is 12.6. The quantitative estimate of drug-likeness (QED) is 0.889. The van der Waals surface area contributed by atoms with Gasteiger partial charge in [-0.1, -0.05) is 18.2 Å². The molecule has 4 nitrogen and oxygen atoms in total. The van der Waals surface area contributed by atoms with Crippen molar-refractivity contribution in [1.29, 1.82) is 0 Å². The predicted octanol–water partition coefficient (Wildman–Crippen LogP) is 3.09. The molecule has 0 aliphatic heterocycles. The fraction of sp³-hybridized carbons (Fsp3) is 0.375. The van der Waals surface area contributed by atoms with Crippen LogP contribution in [0.4, 0.5) is 4.39 Å². The van der Waals surface area contributed by atoms with E-state index in [0.29, 0.717) is 17.7 Å². The number of hydrogen-bond acceptors (Lipinski definition) is 2. The summed E-state index contributed by atoms with van der Waals surface area (Å²) in [6.45, 7) is 4.01. The lowest BCUT2D eigenvalue weighted by Gasteiger charge is -2.12. The van der Waals surface area contributed by atoms with Crippen molar-refractivity contribution in [3.05, 3.63) is 53.6 Å². The number of nitrogens with zero attached hydrogens (tertiary/aromatic N) is 2. The van der Waals surface area contributed by atoms with E-state index in [1.165, 1.54) is 6.07 Å². The Hall–Kier alpha value is -2.17. The molecule has 1 aromatic carbocycles. The van der Waals surface area contributed by atoms with Crippen molar-refractivity contribution in [1.82, 2.24) is 9.78 Å². The number of aliphatic carboxylic acids is 1. The molecule has 0 spiro atoms. The van der Waals surface area contributed by atoms with E-state index in [4.69, 9.17) is 0 Å². The molecule has 0 amide bonds. The highest BCUT2D eigenvalue weighted by molar-refractivity contribution is 5.70. The zero-order valence-corrected chi connectivity index (χ0v) is 12.2. The molecule has 0 fully saturated rings. The second-order valence-corrected chi connectivity index (χ2v) is 5.42. The van der Waals surface area contributed by atoms with E-state index >= 15 is 0 Å². The summed E-state index contributed by atoms with van der Waals surface area (Å²) in [6, 6.07) is 8.33. The van der Waals surface area contributed by atoms with Crippen molar-refractivity contribution in [3.63, 3.8) is 0 Å². The monoisotopic (exact) mass is 290 g/mol. The first-order chi connectivity index (χ1) is 9.97. The first kappa shape index (κ1) is 15.2. The minimum Gasteiger partial charge on any atom is -0.481 e. The van der Waals surface area contributed by atoms with Gasteiger partial charge in [-0.2, -0.15) is 5.10 Å². The molecule has 1 unspecified atom stereocenters. The molecule has 0 aliphatic carbocycles. The summed E-state index contributed by atoms with van der Waals surface area (Å²) in [5.74, 6) is -1.98. The summed E-state index contributed by atoms with van der Waals surface area (Å²) >= 11 is 0. The minimum atomic E-state index is -0.933. The lowest BCUT2D eigenvalue weighted by Crippen LogP contribution is -2.20. The molecule has 1 N–H and O–H groups in total. The van der Waals surface area contributed by atoms with E-state index in [2.05, 4.69) is 5.10 Å². The number of carbonyl (C=O) groups is 1. The third-order valence-corrected chi connectivity index (χ3v) is 3.42. The smallest absolute Gasteiger partial charge is 0.307 e. The standard InChI is InChI=1S/C16H19FN2O2/c1-11(2)19-8-7-14(18-19)10-13(16(20)21)9-12-5-3-4-6-15(12)17/h3-8,11,13H,9-10H2,1-2H3,(H,20,21). The summed E-state index contributed by atoms with van der Waals surface area (Å²) in [6.07, 6.45) is 2.29. The van der Waals surface area contributed by atoms with Crippen molar-refractivity contribution in [2.45, 2.75) is 32.7 Å². The number of carboxylic acid groups (broad SMARTS) is 1. The molecule has 5 heteroatoms. The number of halogens is 1. The molecule has 1 heterocycles. The number of benzene rings is 1. The lowest BCUT2D eigenvalue weighted by molar-refractivity contribution is -0.141. The van der Waals surface area contributed by atoms with Crippen molar-refractivity contribution in [3.8, 4) is 0 Å². The van der Waals surface area contributed by atoms with Gasteiger partial charge in [-0.3, -0.25) is 9.48 Å². The second-order valence-electron chi connectivity index (χ2n) is 5.42. The summed E-state index contributed by atoms with van der Waals surface area (Å²) in [5, 5.41) is 13.7. The molecule has 0 bridgehead atoms. The highest BCUT2D eigenvalue weighted by Crippen LogP contribution is 2.17. The van der Waals surface area contributed by atoms with Crippen LogP contribution in [0.2, 0.25) is 0 Å². The molecule has 21 heavy (non-hydrogen) atoms. The first-order valence-electron chi connectivity index (χ1n) is 6.97. The van der Waals surface area contributed by atoms with Crippen LogP contribution in [0.5, 0.6) is 0 Å². The zero-order chi connectivity index (χ0) is 15.4. The van der Waals surface area contributed by atoms with E-state index < -0.39 is 11.9 Å². The van der Waals surface area contributed by atoms with Gasteiger partial charge < -0.3 is 5.11 Å². The Bertz CT molecular complexity index is 622. The summed E-state index contributed by atoms with van der Waals surface area (Å²) in [7, 11) is 0. The highest BCUT2D eigenvalue weighted by Gasteiger charge is 2.21. The Morgan fingerprint density at radius 1 is 1.29 bits per heavy atom. The van der Waals surface area contributed by atoms with E-state index in [9.17, 15) is 14.3 Å². The van der Waals surface area contributed by atoms with Crippen molar-refractivity contribution >= 4 is 5.97 Å². The maximum absolute atomic E-state index is 13.6. The van der Waals surface area contributed by atoms with E-state index in [1.54, 1.807) is 22.9 Å². The fourth-order valence-corrected chi connectivity index (χ4v) is 2.20. The highest BCUT2D eigenvalue weighted by atomic mass is 19.1. The average Bonchev–Trinajstić information content (AvgIpc) is 2.89. The number of hydrogen-bond donors (Lipinski definition) is 1.